The lowest BCUT2D eigenvalue weighted by Gasteiger charge is -2.37. The van der Waals surface area contributed by atoms with Gasteiger partial charge < -0.3 is 23.8 Å². The summed E-state index contributed by atoms with van der Waals surface area (Å²) in [5.41, 5.74) is -0.135. The summed E-state index contributed by atoms with van der Waals surface area (Å²) in [4.78, 5) is 30.9. The number of carbonyl (C=O) groups excluding carboxylic acids is 2. The second kappa shape index (κ2) is 16.9. The number of benzene rings is 2. The van der Waals surface area contributed by atoms with Crippen molar-refractivity contribution in [2.75, 3.05) is 38.9 Å². The number of ether oxygens (including phenoxy) is 4. The lowest BCUT2D eigenvalue weighted by molar-refractivity contribution is -0.138. The Morgan fingerprint density at radius 2 is 1.65 bits per heavy atom. The number of amides is 1. The van der Waals surface area contributed by atoms with Crippen LogP contribution in [0.1, 0.15) is 79.4 Å². The molecule has 0 spiro atoms. The number of rotatable bonds is 15. The number of halogens is 3. The Balaban J connectivity index is 1.81. The summed E-state index contributed by atoms with van der Waals surface area (Å²) in [6.07, 6.45) is 2.74. The first kappa shape index (κ1) is 36.9. The van der Waals surface area contributed by atoms with Gasteiger partial charge in [0, 0.05) is 25.7 Å². The summed E-state index contributed by atoms with van der Waals surface area (Å²) in [5, 5.41) is 7.93. The van der Waals surface area contributed by atoms with Crippen molar-refractivity contribution in [3.63, 3.8) is 0 Å². The predicted octanol–water partition coefficient (Wildman–Crippen LogP) is 7.22. The third-order valence-corrected chi connectivity index (χ3v) is 8.63. The van der Waals surface area contributed by atoms with Gasteiger partial charge in [-0.3, -0.25) is 4.79 Å². The van der Waals surface area contributed by atoms with E-state index in [1.54, 1.807) is 11.8 Å². The molecule has 4 rings (SSSR count). The van der Waals surface area contributed by atoms with Crippen molar-refractivity contribution in [3.8, 4) is 11.5 Å². The van der Waals surface area contributed by atoms with Crippen LogP contribution >= 0.6 is 0 Å². The van der Waals surface area contributed by atoms with E-state index in [-0.39, 0.29) is 60.8 Å². The summed E-state index contributed by atoms with van der Waals surface area (Å²) < 4.78 is 65.5. The van der Waals surface area contributed by atoms with Gasteiger partial charge in [-0.25, -0.2) is 4.79 Å². The SMILES string of the molecule is CCCCOC(=O)c1c(N(C(=O)[C@H]2CC[C@H](C)CC2)C(COC)COC)ccc(Oc2ccc(Cn3nccn3)cc2C(F)(F)F)c1C. The first-order valence-electron chi connectivity index (χ1n) is 16.3. The molecule has 13 heteroatoms. The molecule has 3 aromatic rings. The molecule has 48 heavy (non-hydrogen) atoms. The van der Waals surface area contributed by atoms with E-state index in [4.69, 9.17) is 18.9 Å². The van der Waals surface area contributed by atoms with E-state index in [0.29, 0.717) is 30.7 Å². The monoisotopic (exact) mass is 674 g/mol. The molecule has 1 amide bonds. The van der Waals surface area contributed by atoms with Crippen LogP contribution in [0, 0.1) is 18.8 Å². The molecule has 0 saturated heterocycles. The number of anilines is 1. The van der Waals surface area contributed by atoms with Crippen LogP contribution in [0.4, 0.5) is 18.9 Å². The molecule has 0 aliphatic heterocycles. The standard InChI is InChI=1S/C35H45F3N4O6/c1-6-7-18-47-34(44)32-24(3)30(48-31-14-10-25(19-28(31)35(36,37)38)20-41-39-16-17-40-41)15-13-29(32)42(27(21-45-4)22-46-5)33(43)26-11-8-23(2)9-12-26/h10,13-17,19,23,26-27H,6-9,11-12,18,20-22H2,1-5H3/t23-,26-. The van der Waals surface area contributed by atoms with E-state index in [1.807, 2.05) is 6.92 Å². The Morgan fingerprint density at radius 3 is 2.25 bits per heavy atom. The number of methoxy groups -OCH3 is 2. The van der Waals surface area contributed by atoms with Gasteiger partial charge in [0.1, 0.15) is 11.5 Å². The van der Waals surface area contributed by atoms with Gasteiger partial charge in [0.25, 0.3) is 0 Å². The second-order valence-corrected chi connectivity index (χ2v) is 12.3. The minimum atomic E-state index is -4.74. The topological polar surface area (TPSA) is 105 Å². The summed E-state index contributed by atoms with van der Waals surface area (Å²) in [5.74, 6) is -1.07. The lowest BCUT2D eigenvalue weighted by Crippen LogP contribution is -2.49. The van der Waals surface area contributed by atoms with Crippen LogP contribution < -0.4 is 9.64 Å². The van der Waals surface area contributed by atoms with Crippen LogP contribution in [0.3, 0.4) is 0 Å². The van der Waals surface area contributed by atoms with Crippen molar-refractivity contribution >= 4 is 17.6 Å². The molecule has 0 radical (unpaired) electrons. The maximum Gasteiger partial charge on any atom is 0.419 e. The Hall–Kier alpha value is -3.97. The molecule has 1 heterocycles. The quantitative estimate of drug-likeness (QED) is 0.123. The van der Waals surface area contributed by atoms with E-state index < -0.39 is 29.5 Å². The highest BCUT2D eigenvalue weighted by Crippen LogP contribution is 2.42. The number of aromatic nitrogens is 3. The molecular formula is C35H45F3N4O6. The number of unbranched alkanes of at least 4 members (excludes halogenated alkanes) is 1. The van der Waals surface area contributed by atoms with Crippen molar-refractivity contribution in [3.05, 3.63) is 65.0 Å². The van der Waals surface area contributed by atoms with E-state index in [9.17, 15) is 22.8 Å². The van der Waals surface area contributed by atoms with Crippen LogP contribution in [0.15, 0.2) is 42.7 Å². The Labute approximate surface area is 279 Å². The summed E-state index contributed by atoms with van der Waals surface area (Å²) in [6, 6.07) is 6.16. The summed E-state index contributed by atoms with van der Waals surface area (Å²) >= 11 is 0. The average Bonchev–Trinajstić information content (AvgIpc) is 3.56. The van der Waals surface area contributed by atoms with Crippen molar-refractivity contribution in [2.45, 2.75) is 78.1 Å². The van der Waals surface area contributed by atoms with Gasteiger partial charge in [0.15, 0.2) is 0 Å². The molecule has 1 saturated carbocycles. The highest BCUT2D eigenvalue weighted by molar-refractivity contribution is 6.05. The molecule has 0 atom stereocenters. The Bertz CT molecular complexity index is 1500. The lowest BCUT2D eigenvalue weighted by atomic mass is 9.82. The third kappa shape index (κ3) is 9.13. The maximum absolute atomic E-state index is 14.3. The van der Waals surface area contributed by atoms with Crippen LogP contribution in [-0.4, -0.2) is 67.0 Å². The zero-order valence-corrected chi connectivity index (χ0v) is 28.2. The molecule has 2 aromatic carbocycles. The van der Waals surface area contributed by atoms with Crippen LogP contribution in [0.25, 0.3) is 0 Å². The van der Waals surface area contributed by atoms with E-state index in [1.165, 1.54) is 55.7 Å². The van der Waals surface area contributed by atoms with Gasteiger partial charge in [0.2, 0.25) is 5.91 Å². The van der Waals surface area contributed by atoms with Crippen molar-refractivity contribution in [1.29, 1.82) is 0 Å². The molecule has 262 valence electrons. The molecule has 10 nitrogen and oxygen atoms in total. The first-order valence-corrected chi connectivity index (χ1v) is 16.3. The molecule has 1 aliphatic rings. The Morgan fingerprint density at radius 1 is 1.00 bits per heavy atom. The van der Waals surface area contributed by atoms with Crippen molar-refractivity contribution in [1.82, 2.24) is 15.0 Å². The fraction of sp³-hybridized carbons (Fsp3) is 0.543. The maximum atomic E-state index is 14.3. The first-order chi connectivity index (χ1) is 23.0. The number of hydrogen-bond acceptors (Lipinski definition) is 8. The zero-order valence-electron chi connectivity index (χ0n) is 28.2. The highest BCUT2D eigenvalue weighted by Gasteiger charge is 2.38. The van der Waals surface area contributed by atoms with Gasteiger partial charge in [-0.2, -0.15) is 28.2 Å². The van der Waals surface area contributed by atoms with E-state index >= 15 is 0 Å². The number of nitrogens with zero attached hydrogens (tertiary/aromatic N) is 4. The van der Waals surface area contributed by atoms with Gasteiger partial charge in [-0.15, -0.1) is 0 Å². The number of alkyl halides is 3. The minimum absolute atomic E-state index is 0.0158. The van der Waals surface area contributed by atoms with Crippen LogP contribution in [-0.2, 0) is 31.7 Å². The number of hydrogen-bond donors (Lipinski definition) is 0. The fourth-order valence-corrected chi connectivity index (χ4v) is 6.00. The zero-order chi connectivity index (χ0) is 34.8. The van der Waals surface area contributed by atoms with Crippen molar-refractivity contribution < 1.29 is 41.7 Å². The molecule has 1 aliphatic carbocycles. The normalized spacial score (nSPS) is 16.6. The largest absolute Gasteiger partial charge is 0.462 e. The van der Waals surface area contributed by atoms with Crippen molar-refractivity contribution in [2.24, 2.45) is 11.8 Å². The predicted molar refractivity (Wildman–Crippen MR) is 173 cm³/mol. The number of carbonyl (C=O) groups is 2. The van der Waals surface area contributed by atoms with E-state index in [0.717, 1.165) is 25.3 Å². The van der Waals surface area contributed by atoms with Crippen LogP contribution in [0.5, 0.6) is 11.5 Å². The van der Waals surface area contributed by atoms with Crippen LogP contribution in [0.2, 0.25) is 0 Å². The molecule has 0 N–H and O–H groups in total. The molecule has 1 aromatic heterocycles. The third-order valence-electron chi connectivity index (χ3n) is 8.63. The molecule has 0 bridgehead atoms. The molecule has 1 fully saturated rings. The summed E-state index contributed by atoms with van der Waals surface area (Å²) in [7, 11) is 3.04. The minimum Gasteiger partial charge on any atom is -0.462 e. The highest BCUT2D eigenvalue weighted by atomic mass is 19.4. The summed E-state index contributed by atoms with van der Waals surface area (Å²) in [6.45, 7) is 6.12. The smallest absolute Gasteiger partial charge is 0.419 e. The molecule has 0 unspecified atom stereocenters. The van der Waals surface area contributed by atoms with E-state index in [2.05, 4.69) is 17.1 Å². The second-order valence-electron chi connectivity index (χ2n) is 12.3. The number of esters is 1. The Kier molecular flexibility index (Phi) is 13.0. The molecular weight excluding hydrogens is 629 g/mol. The fourth-order valence-electron chi connectivity index (χ4n) is 6.00. The van der Waals surface area contributed by atoms with Gasteiger partial charge in [-0.1, -0.05) is 26.3 Å². The average molecular weight is 675 g/mol. The van der Waals surface area contributed by atoms with Gasteiger partial charge in [0.05, 0.1) is 61.6 Å². The van der Waals surface area contributed by atoms with Gasteiger partial charge in [-0.05, 0) is 74.8 Å². The van der Waals surface area contributed by atoms with Gasteiger partial charge >= 0.3 is 12.1 Å².